The van der Waals surface area contributed by atoms with E-state index in [4.69, 9.17) is 10.00 Å². The van der Waals surface area contributed by atoms with E-state index >= 15 is 0 Å². The van der Waals surface area contributed by atoms with E-state index in [-0.39, 0.29) is 0 Å². The first-order valence-electron chi connectivity index (χ1n) is 5.33. The molecule has 16 heavy (non-hydrogen) atoms. The second-order valence-electron chi connectivity index (χ2n) is 3.92. The Morgan fingerprint density at radius 2 is 2.44 bits per heavy atom. The number of halogens is 1. The van der Waals surface area contributed by atoms with Crippen molar-refractivity contribution in [2.24, 2.45) is 5.92 Å². The largest absolute Gasteiger partial charge is 0.493 e. The highest BCUT2D eigenvalue weighted by Gasteiger charge is 2.14. The average molecular weight is 281 g/mol. The molecule has 4 heteroatoms. The molecule has 1 atom stereocenters. The highest BCUT2D eigenvalue weighted by atomic mass is 79.9. The smallest absolute Gasteiger partial charge is 0.120 e. The molecule has 1 fully saturated rings. The number of rotatable bonds is 3. The molecule has 1 unspecified atom stereocenters. The van der Waals surface area contributed by atoms with Gasteiger partial charge in [-0.25, -0.2) is 0 Å². The zero-order valence-electron chi connectivity index (χ0n) is 8.87. The van der Waals surface area contributed by atoms with Crippen molar-refractivity contribution in [1.82, 2.24) is 5.32 Å². The SMILES string of the molecule is N#Cc1ccc(OCC2CCNC2)cc1Br. The number of hydrogen-bond donors (Lipinski definition) is 1. The first kappa shape index (κ1) is 11.4. The Hall–Kier alpha value is -1.05. The number of benzene rings is 1. The molecule has 0 bridgehead atoms. The molecule has 84 valence electrons. The number of ether oxygens (including phenoxy) is 1. The number of hydrogen-bond acceptors (Lipinski definition) is 3. The van der Waals surface area contributed by atoms with Gasteiger partial charge in [-0.05, 0) is 47.1 Å². The van der Waals surface area contributed by atoms with Gasteiger partial charge in [-0.2, -0.15) is 5.26 Å². The molecule has 0 spiro atoms. The van der Waals surface area contributed by atoms with Crippen molar-refractivity contribution in [3.05, 3.63) is 28.2 Å². The quantitative estimate of drug-likeness (QED) is 0.924. The Morgan fingerprint density at radius 1 is 1.56 bits per heavy atom. The number of nitrogens with zero attached hydrogens (tertiary/aromatic N) is 1. The maximum Gasteiger partial charge on any atom is 0.120 e. The Kier molecular flexibility index (Phi) is 3.81. The third kappa shape index (κ3) is 2.75. The summed E-state index contributed by atoms with van der Waals surface area (Å²) in [5.41, 5.74) is 0.634. The molecule has 1 aliphatic rings. The topological polar surface area (TPSA) is 45.0 Å². The van der Waals surface area contributed by atoms with Crippen LogP contribution < -0.4 is 10.1 Å². The second kappa shape index (κ2) is 5.33. The van der Waals surface area contributed by atoms with E-state index in [1.807, 2.05) is 12.1 Å². The highest BCUT2D eigenvalue weighted by molar-refractivity contribution is 9.10. The zero-order valence-corrected chi connectivity index (χ0v) is 10.5. The van der Waals surface area contributed by atoms with Crippen LogP contribution in [0.15, 0.2) is 22.7 Å². The van der Waals surface area contributed by atoms with Crippen LogP contribution in [0.3, 0.4) is 0 Å². The Bertz CT molecular complexity index is 408. The zero-order chi connectivity index (χ0) is 11.4. The van der Waals surface area contributed by atoms with Gasteiger partial charge in [0, 0.05) is 16.9 Å². The van der Waals surface area contributed by atoms with Gasteiger partial charge in [0.05, 0.1) is 12.2 Å². The summed E-state index contributed by atoms with van der Waals surface area (Å²) in [4.78, 5) is 0. The maximum atomic E-state index is 8.78. The minimum absolute atomic E-state index is 0.606. The van der Waals surface area contributed by atoms with Crippen LogP contribution in [0.2, 0.25) is 0 Å². The summed E-state index contributed by atoms with van der Waals surface area (Å²) in [6.07, 6.45) is 1.18. The van der Waals surface area contributed by atoms with Gasteiger partial charge in [-0.3, -0.25) is 0 Å². The van der Waals surface area contributed by atoms with Gasteiger partial charge in [0.1, 0.15) is 11.8 Å². The molecule has 3 nitrogen and oxygen atoms in total. The van der Waals surface area contributed by atoms with Gasteiger partial charge >= 0.3 is 0 Å². The van der Waals surface area contributed by atoms with Crippen molar-refractivity contribution < 1.29 is 4.74 Å². The van der Waals surface area contributed by atoms with Crippen LogP contribution in [-0.4, -0.2) is 19.7 Å². The lowest BCUT2D eigenvalue weighted by atomic mass is 10.1. The summed E-state index contributed by atoms with van der Waals surface area (Å²) in [7, 11) is 0. The molecule has 1 heterocycles. The fourth-order valence-electron chi connectivity index (χ4n) is 1.75. The summed E-state index contributed by atoms with van der Waals surface area (Å²) in [6, 6.07) is 7.56. The second-order valence-corrected chi connectivity index (χ2v) is 4.78. The Labute approximate surface area is 104 Å². The standard InChI is InChI=1S/C12H13BrN2O/c13-12-5-11(2-1-10(12)6-14)16-8-9-3-4-15-7-9/h1-2,5,9,15H,3-4,7-8H2. The minimum atomic E-state index is 0.606. The van der Waals surface area contributed by atoms with E-state index in [2.05, 4.69) is 27.3 Å². The van der Waals surface area contributed by atoms with Crippen molar-refractivity contribution in [3.8, 4) is 11.8 Å². The minimum Gasteiger partial charge on any atom is -0.493 e. The summed E-state index contributed by atoms with van der Waals surface area (Å²) in [6.45, 7) is 2.87. The molecule has 0 amide bonds. The van der Waals surface area contributed by atoms with Gasteiger partial charge < -0.3 is 10.1 Å². The first-order valence-corrected chi connectivity index (χ1v) is 6.12. The van der Waals surface area contributed by atoms with E-state index in [1.54, 1.807) is 6.07 Å². The fourth-order valence-corrected chi connectivity index (χ4v) is 2.19. The lowest BCUT2D eigenvalue weighted by Gasteiger charge is -2.11. The van der Waals surface area contributed by atoms with Gasteiger partial charge in [-0.1, -0.05) is 0 Å². The molecular formula is C12H13BrN2O. The van der Waals surface area contributed by atoms with Gasteiger partial charge in [0.15, 0.2) is 0 Å². The van der Waals surface area contributed by atoms with Gasteiger partial charge in [0.25, 0.3) is 0 Å². The van der Waals surface area contributed by atoms with Crippen molar-refractivity contribution >= 4 is 15.9 Å². The lowest BCUT2D eigenvalue weighted by molar-refractivity contribution is 0.260. The normalized spacial score (nSPS) is 19.4. The average Bonchev–Trinajstić information content (AvgIpc) is 2.79. The van der Waals surface area contributed by atoms with Crippen molar-refractivity contribution in [3.63, 3.8) is 0 Å². The van der Waals surface area contributed by atoms with Crippen LogP contribution in [-0.2, 0) is 0 Å². The van der Waals surface area contributed by atoms with Crippen molar-refractivity contribution in [2.45, 2.75) is 6.42 Å². The summed E-state index contributed by atoms with van der Waals surface area (Å²) >= 11 is 3.35. The van der Waals surface area contributed by atoms with Crippen LogP contribution >= 0.6 is 15.9 Å². The molecule has 0 radical (unpaired) electrons. The predicted octanol–water partition coefficient (Wildman–Crippen LogP) is 2.31. The monoisotopic (exact) mass is 280 g/mol. The molecular weight excluding hydrogens is 268 g/mol. The van der Waals surface area contributed by atoms with Crippen LogP contribution in [0.25, 0.3) is 0 Å². The molecule has 1 aliphatic heterocycles. The molecule has 2 rings (SSSR count). The summed E-state index contributed by atoms with van der Waals surface area (Å²) < 4.78 is 6.48. The molecule has 0 aromatic heterocycles. The van der Waals surface area contributed by atoms with Crippen LogP contribution in [0, 0.1) is 17.2 Å². The van der Waals surface area contributed by atoms with E-state index in [1.165, 1.54) is 6.42 Å². The summed E-state index contributed by atoms with van der Waals surface area (Å²) in [5, 5.41) is 12.1. The Balaban J connectivity index is 1.94. The first-order chi connectivity index (χ1) is 7.79. The van der Waals surface area contributed by atoms with Crippen LogP contribution in [0.5, 0.6) is 5.75 Å². The third-order valence-corrected chi connectivity index (χ3v) is 3.37. The van der Waals surface area contributed by atoms with Gasteiger partial charge in [-0.15, -0.1) is 0 Å². The van der Waals surface area contributed by atoms with Crippen molar-refractivity contribution in [1.29, 1.82) is 5.26 Å². The van der Waals surface area contributed by atoms with Gasteiger partial charge in [0.2, 0.25) is 0 Å². The van der Waals surface area contributed by atoms with E-state index < -0.39 is 0 Å². The van der Waals surface area contributed by atoms with Crippen LogP contribution in [0.4, 0.5) is 0 Å². The molecule has 0 saturated carbocycles. The van der Waals surface area contributed by atoms with E-state index in [9.17, 15) is 0 Å². The Morgan fingerprint density at radius 3 is 3.06 bits per heavy atom. The predicted molar refractivity (Wildman–Crippen MR) is 65.3 cm³/mol. The van der Waals surface area contributed by atoms with E-state index in [0.717, 1.165) is 29.9 Å². The molecule has 1 aromatic carbocycles. The molecule has 1 saturated heterocycles. The third-order valence-electron chi connectivity index (χ3n) is 2.71. The maximum absolute atomic E-state index is 8.78. The summed E-state index contributed by atoms with van der Waals surface area (Å²) in [5.74, 6) is 1.42. The lowest BCUT2D eigenvalue weighted by Crippen LogP contribution is -2.15. The number of nitriles is 1. The van der Waals surface area contributed by atoms with Crippen LogP contribution in [0.1, 0.15) is 12.0 Å². The van der Waals surface area contributed by atoms with Crippen molar-refractivity contribution in [2.75, 3.05) is 19.7 Å². The number of nitrogens with one attached hydrogen (secondary N) is 1. The molecule has 1 aromatic rings. The fraction of sp³-hybridized carbons (Fsp3) is 0.417. The van der Waals surface area contributed by atoms with E-state index in [0.29, 0.717) is 11.5 Å². The molecule has 1 N–H and O–H groups in total. The molecule has 0 aliphatic carbocycles. The highest BCUT2D eigenvalue weighted by Crippen LogP contribution is 2.23.